The first-order valence-corrected chi connectivity index (χ1v) is 13.1. The molecule has 3 aromatic rings. The van der Waals surface area contributed by atoms with Crippen molar-refractivity contribution in [3.63, 3.8) is 0 Å². The van der Waals surface area contributed by atoms with E-state index in [4.69, 9.17) is 5.73 Å². The highest BCUT2D eigenvalue weighted by Crippen LogP contribution is 2.40. The van der Waals surface area contributed by atoms with Gasteiger partial charge in [0.15, 0.2) is 9.84 Å². The lowest BCUT2D eigenvalue weighted by molar-refractivity contribution is 0.547. The normalized spacial score (nSPS) is 19.6. The van der Waals surface area contributed by atoms with Crippen LogP contribution in [0.4, 0.5) is 5.69 Å². The van der Waals surface area contributed by atoms with Gasteiger partial charge < -0.3 is 10.7 Å². The van der Waals surface area contributed by atoms with Gasteiger partial charge in [-0.25, -0.2) is 20.8 Å². The number of nitrogen functional groups attached to an aromatic ring is 1. The molecule has 1 aromatic carbocycles. The Balaban J connectivity index is 1.81. The van der Waals surface area contributed by atoms with E-state index in [1.165, 1.54) is 30.6 Å². The molecule has 32 heavy (non-hydrogen) atoms. The second-order valence-corrected chi connectivity index (χ2v) is 12.4. The van der Waals surface area contributed by atoms with E-state index in [9.17, 15) is 21.6 Å². The molecule has 0 spiro atoms. The van der Waals surface area contributed by atoms with E-state index in [0.717, 1.165) is 10.2 Å². The summed E-state index contributed by atoms with van der Waals surface area (Å²) in [5.74, 6) is 0. The number of sulfone groups is 1. The summed E-state index contributed by atoms with van der Waals surface area (Å²) in [4.78, 5) is 15.0. The number of nitrogens with zero attached hydrogens (tertiary/aromatic N) is 1. The molecule has 2 heterocycles. The monoisotopic (exact) mass is 473 g/mol. The largest absolute Gasteiger partial charge is 0.398 e. The number of rotatable bonds is 4. The van der Waals surface area contributed by atoms with E-state index in [1.54, 1.807) is 38.1 Å². The zero-order valence-corrected chi connectivity index (χ0v) is 19.4. The molecule has 10 heteroatoms. The zero-order chi connectivity index (χ0) is 23.5. The van der Waals surface area contributed by atoms with Gasteiger partial charge in [0, 0.05) is 35.3 Å². The number of anilines is 1. The molecule has 1 atom stereocenters. The number of aromatic nitrogens is 2. The predicted molar refractivity (Wildman–Crippen MR) is 126 cm³/mol. The maximum Gasteiger partial charge on any atom is 0.273 e. The second-order valence-electron chi connectivity index (χ2n) is 8.17. The van der Waals surface area contributed by atoms with E-state index in [1.807, 2.05) is 0 Å². The van der Waals surface area contributed by atoms with Gasteiger partial charge in [-0.15, -0.1) is 0 Å². The van der Waals surface area contributed by atoms with Gasteiger partial charge >= 0.3 is 0 Å². The molecule has 0 saturated heterocycles. The van der Waals surface area contributed by atoms with Crippen LogP contribution in [-0.2, 0) is 19.9 Å². The molecular formula is C22H23N3O5S2. The lowest BCUT2D eigenvalue weighted by atomic mass is 9.87. The van der Waals surface area contributed by atoms with Crippen molar-refractivity contribution < 1.29 is 16.8 Å². The predicted octanol–water partition coefficient (Wildman–Crippen LogP) is 2.69. The van der Waals surface area contributed by atoms with Crippen molar-refractivity contribution >= 4 is 42.0 Å². The maximum absolute atomic E-state index is 13.7. The molecule has 0 bridgehead atoms. The highest BCUT2D eigenvalue weighted by molar-refractivity contribution is 7.91. The molecule has 3 N–H and O–H groups in total. The van der Waals surface area contributed by atoms with Crippen molar-refractivity contribution in [3.05, 3.63) is 76.4 Å². The van der Waals surface area contributed by atoms with Crippen LogP contribution in [0.5, 0.6) is 0 Å². The fourth-order valence-electron chi connectivity index (χ4n) is 3.91. The summed E-state index contributed by atoms with van der Waals surface area (Å²) in [7, 11) is -7.44. The minimum Gasteiger partial charge on any atom is -0.398 e. The first-order chi connectivity index (χ1) is 14.9. The van der Waals surface area contributed by atoms with Crippen molar-refractivity contribution in [1.82, 2.24) is 8.96 Å². The summed E-state index contributed by atoms with van der Waals surface area (Å²) in [6, 6.07) is 7.70. The van der Waals surface area contributed by atoms with Gasteiger partial charge in [0.2, 0.25) is 10.0 Å². The number of allylic oxidation sites excluding steroid dienone is 3. The van der Waals surface area contributed by atoms with Crippen LogP contribution in [0.25, 0.3) is 16.5 Å². The molecule has 1 aliphatic rings. The SMILES string of the molecule is CC1=CC(c2cc(S(C)(=O)=O)ccc2N)=CCC1(C)S(=O)(=O)n1ccc2cc[nH]c(=O)c21. The van der Waals surface area contributed by atoms with Gasteiger partial charge in [0.05, 0.1) is 4.90 Å². The Hall–Kier alpha value is -3.11. The molecule has 0 aliphatic heterocycles. The Morgan fingerprint density at radius 1 is 1.12 bits per heavy atom. The summed E-state index contributed by atoms with van der Waals surface area (Å²) in [6.07, 6.45) is 7.54. The summed E-state index contributed by atoms with van der Waals surface area (Å²) >= 11 is 0. The van der Waals surface area contributed by atoms with Gasteiger partial charge in [-0.3, -0.25) is 4.79 Å². The number of H-pyrrole nitrogens is 1. The van der Waals surface area contributed by atoms with Crippen LogP contribution < -0.4 is 11.3 Å². The average Bonchev–Trinajstić information content (AvgIpc) is 3.16. The van der Waals surface area contributed by atoms with Gasteiger partial charge in [0.1, 0.15) is 10.3 Å². The van der Waals surface area contributed by atoms with E-state index >= 15 is 0 Å². The maximum atomic E-state index is 13.7. The molecular weight excluding hydrogens is 450 g/mol. The molecule has 2 aromatic heterocycles. The molecule has 1 unspecified atom stereocenters. The smallest absolute Gasteiger partial charge is 0.273 e. The minimum atomic E-state index is -4.01. The van der Waals surface area contributed by atoms with Gasteiger partial charge in [-0.2, -0.15) is 0 Å². The fraction of sp³-hybridized carbons (Fsp3) is 0.227. The lowest BCUT2D eigenvalue weighted by Crippen LogP contribution is -2.41. The zero-order valence-electron chi connectivity index (χ0n) is 17.8. The standard InChI is InChI=1S/C22H23N3O5S2/c1-14-12-16(18-13-17(31(3,27)28)4-5-19(18)23)6-9-22(14,2)32(29,30)25-11-8-15-7-10-24-21(26)20(15)25/h4-8,10-13H,9,23H2,1-3H3,(H,24,26). The van der Waals surface area contributed by atoms with E-state index in [0.29, 0.717) is 27.8 Å². The third-order valence-electron chi connectivity index (χ3n) is 6.09. The number of benzene rings is 1. The summed E-state index contributed by atoms with van der Waals surface area (Å²) in [6.45, 7) is 3.32. The first kappa shape index (κ1) is 22.1. The topological polar surface area (TPSA) is 132 Å². The van der Waals surface area contributed by atoms with Crippen molar-refractivity contribution in [2.45, 2.75) is 29.9 Å². The molecule has 0 amide bonds. The van der Waals surface area contributed by atoms with Crippen LogP contribution in [0.3, 0.4) is 0 Å². The van der Waals surface area contributed by atoms with Crippen LogP contribution >= 0.6 is 0 Å². The summed E-state index contributed by atoms with van der Waals surface area (Å²) < 4.78 is 51.0. The second kappa shape index (κ2) is 7.21. The van der Waals surface area contributed by atoms with Gasteiger partial charge in [-0.05, 0) is 61.7 Å². The van der Waals surface area contributed by atoms with Gasteiger partial charge in [0.25, 0.3) is 5.56 Å². The number of hydrogen-bond donors (Lipinski definition) is 2. The van der Waals surface area contributed by atoms with Crippen LogP contribution in [0.15, 0.2) is 70.1 Å². The van der Waals surface area contributed by atoms with E-state index < -0.39 is 30.2 Å². The first-order valence-electron chi connectivity index (χ1n) is 9.79. The Bertz CT molecular complexity index is 1590. The quantitative estimate of drug-likeness (QED) is 0.560. The Morgan fingerprint density at radius 3 is 2.50 bits per heavy atom. The van der Waals surface area contributed by atoms with Crippen LogP contribution in [0, 0.1) is 0 Å². The Labute approximate surface area is 186 Å². The number of nitrogens with one attached hydrogen (secondary N) is 1. The number of pyridine rings is 1. The highest BCUT2D eigenvalue weighted by Gasteiger charge is 2.43. The van der Waals surface area contributed by atoms with Crippen LogP contribution in [-0.4, -0.2) is 36.8 Å². The fourth-order valence-corrected chi connectivity index (χ4v) is 6.40. The average molecular weight is 474 g/mol. The minimum absolute atomic E-state index is 0.0707. The summed E-state index contributed by atoms with van der Waals surface area (Å²) in [5.41, 5.74) is 7.79. The molecule has 168 valence electrons. The Morgan fingerprint density at radius 2 is 1.84 bits per heavy atom. The molecule has 0 saturated carbocycles. The van der Waals surface area contributed by atoms with Crippen molar-refractivity contribution in [1.29, 1.82) is 0 Å². The molecule has 4 rings (SSSR count). The number of hydrogen-bond acceptors (Lipinski definition) is 6. The highest BCUT2D eigenvalue weighted by atomic mass is 32.2. The number of fused-ring (bicyclic) bond motifs is 1. The molecule has 0 radical (unpaired) electrons. The van der Waals surface area contributed by atoms with Gasteiger partial charge in [-0.1, -0.05) is 12.2 Å². The third kappa shape index (κ3) is 3.30. The van der Waals surface area contributed by atoms with E-state index in [-0.39, 0.29) is 16.8 Å². The number of aromatic amines is 1. The molecule has 1 aliphatic carbocycles. The summed E-state index contributed by atoms with van der Waals surface area (Å²) in [5, 5.41) is 0.528. The lowest BCUT2D eigenvalue weighted by Gasteiger charge is -2.33. The van der Waals surface area contributed by atoms with Crippen LogP contribution in [0.1, 0.15) is 25.8 Å². The van der Waals surface area contributed by atoms with Crippen molar-refractivity contribution in [3.8, 4) is 0 Å². The van der Waals surface area contributed by atoms with Crippen molar-refractivity contribution in [2.75, 3.05) is 12.0 Å². The van der Waals surface area contributed by atoms with E-state index in [2.05, 4.69) is 4.98 Å². The van der Waals surface area contributed by atoms with Crippen molar-refractivity contribution in [2.24, 2.45) is 0 Å². The third-order valence-corrected chi connectivity index (χ3v) is 9.65. The molecule has 8 nitrogen and oxygen atoms in total. The molecule has 0 fully saturated rings. The Kier molecular flexibility index (Phi) is 4.98. The number of nitrogens with two attached hydrogens (primary N) is 1. The van der Waals surface area contributed by atoms with Crippen LogP contribution in [0.2, 0.25) is 0 Å².